The molecule has 0 fully saturated rings. The maximum absolute atomic E-state index is 13.9. The van der Waals surface area contributed by atoms with Crippen LogP contribution >= 0.6 is 61.5 Å². The Hall–Kier alpha value is -2.73. The molecule has 0 saturated heterocycles. The number of benzene rings is 3. The fourth-order valence-corrected chi connectivity index (χ4v) is 7.62. The molecule has 1 atom stereocenters. The first kappa shape index (κ1) is 29.8. The van der Waals surface area contributed by atoms with Crippen molar-refractivity contribution in [3.63, 3.8) is 0 Å². The van der Waals surface area contributed by atoms with E-state index in [-0.39, 0.29) is 12.2 Å². The smallest absolute Gasteiger partial charge is 0.338 e. The van der Waals surface area contributed by atoms with Crippen LogP contribution in [0.5, 0.6) is 5.75 Å². The number of ether oxygens (including phenoxy) is 2. The third kappa shape index (κ3) is 6.38. The van der Waals surface area contributed by atoms with E-state index in [9.17, 15) is 9.59 Å². The number of hydrogen-bond donors (Lipinski definition) is 0. The summed E-state index contributed by atoms with van der Waals surface area (Å²) in [6, 6.07) is 18.6. The third-order valence-corrected chi connectivity index (χ3v) is 9.11. The van der Waals surface area contributed by atoms with E-state index < -0.39 is 12.0 Å². The van der Waals surface area contributed by atoms with Crippen molar-refractivity contribution in [1.29, 1.82) is 0 Å². The van der Waals surface area contributed by atoms with E-state index in [0.717, 1.165) is 30.3 Å². The van der Waals surface area contributed by atoms with Crippen molar-refractivity contribution in [3.8, 4) is 5.75 Å². The Labute approximate surface area is 268 Å². The van der Waals surface area contributed by atoms with Gasteiger partial charge >= 0.3 is 5.97 Å². The molecule has 0 aliphatic carbocycles. The molecule has 0 bridgehead atoms. The molecule has 1 aliphatic rings. The van der Waals surface area contributed by atoms with E-state index in [1.807, 2.05) is 73.7 Å². The van der Waals surface area contributed by atoms with Crippen LogP contribution in [-0.2, 0) is 16.1 Å². The number of esters is 1. The van der Waals surface area contributed by atoms with Gasteiger partial charge in [-0.3, -0.25) is 9.36 Å². The highest BCUT2D eigenvalue weighted by Gasteiger charge is 2.33. The van der Waals surface area contributed by atoms with E-state index in [0.29, 0.717) is 38.0 Å². The van der Waals surface area contributed by atoms with Gasteiger partial charge in [0, 0.05) is 5.02 Å². The summed E-state index contributed by atoms with van der Waals surface area (Å²) >= 11 is 13.3. The van der Waals surface area contributed by atoms with Crippen LogP contribution in [0.25, 0.3) is 6.08 Å². The van der Waals surface area contributed by atoms with E-state index in [2.05, 4.69) is 43.5 Å². The summed E-state index contributed by atoms with van der Waals surface area (Å²) in [7, 11) is 0. The van der Waals surface area contributed by atoms with Crippen molar-refractivity contribution < 1.29 is 14.3 Å². The van der Waals surface area contributed by atoms with Gasteiger partial charge in [-0.2, -0.15) is 0 Å². The molecule has 5 rings (SSSR count). The van der Waals surface area contributed by atoms with E-state index in [1.165, 1.54) is 11.3 Å². The lowest BCUT2D eigenvalue weighted by atomic mass is 9.95. The third-order valence-electron chi connectivity index (χ3n) is 6.50. The number of thiazole rings is 1. The standard InChI is InChI=1S/C31H25BrClIN2O4S/c1-4-39-30(38)26-18(3)35-31-36(27(26)21-10-8-17(2)9-11-21)29(37)25(41-31)15-20-13-23(32)28(24(34)14-20)40-16-19-6-5-7-22(33)12-19/h5-15,27H,4,16H2,1-3H3/b25-15-/t27-/m1/s1. The highest BCUT2D eigenvalue weighted by molar-refractivity contribution is 14.1. The topological polar surface area (TPSA) is 69.9 Å². The Balaban J connectivity index is 1.55. The molecule has 4 aromatic rings. The molecule has 41 heavy (non-hydrogen) atoms. The molecular weight excluding hydrogens is 739 g/mol. The highest BCUT2D eigenvalue weighted by Crippen LogP contribution is 2.34. The SMILES string of the molecule is CCOC(=O)C1=C(C)N=c2s/c(=C\c3cc(Br)c(OCc4cccc(Cl)c4)c(I)c3)c(=O)n2[C@@H]1c1ccc(C)cc1. The first-order valence-electron chi connectivity index (χ1n) is 12.8. The minimum Gasteiger partial charge on any atom is -0.487 e. The van der Waals surface area contributed by atoms with Gasteiger partial charge in [-0.1, -0.05) is 64.9 Å². The number of carbonyl (C=O) groups is 1. The predicted molar refractivity (Wildman–Crippen MR) is 174 cm³/mol. The van der Waals surface area contributed by atoms with Crippen molar-refractivity contribution >= 4 is 73.5 Å². The van der Waals surface area contributed by atoms with Crippen molar-refractivity contribution in [3.05, 3.63) is 127 Å². The molecule has 210 valence electrons. The van der Waals surface area contributed by atoms with Crippen LogP contribution in [0.1, 0.15) is 42.1 Å². The Morgan fingerprint density at radius 1 is 1.17 bits per heavy atom. The lowest BCUT2D eigenvalue weighted by Gasteiger charge is -2.24. The van der Waals surface area contributed by atoms with Gasteiger partial charge in [-0.25, -0.2) is 9.79 Å². The maximum atomic E-state index is 13.9. The number of carbonyl (C=O) groups excluding carboxylic acids is 1. The normalized spacial score (nSPS) is 15.0. The zero-order chi connectivity index (χ0) is 29.3. The molecule has 10 heteroatoms. The average Bonchev–Trinajstić information content (AvgIpc) is 3.22. The number of rotatable bonds is 7. The molecule has 0 radical (unpaired) electrons. The van der Waals surface area contributed by atoms with Crippen molar-refractivity contribution in [2.75, 3.05) is 6.61 Å². The number of nitrogens with zero attached hydrogens (tertiary/aromatic N) is 2. The molecule has 1 aliphatic heterocycles. The highest BCUT2D eigenvalue weighted by atomic mass is 127. The Bertz CT molecular complexity index is 1840. The van der Waals surface area contributed by atoms with Gasteiger partial charge in [0.05, 0.1) is 36.5 Å². The first-order valence-corrected chi connectivity index (χ1v) is 15.9. The summed E-state index contributed by atoms with van der Waals surface area (Å²) in [5.74, 6) is 0.235. The maximum Gasteiger partial charge on any atom is 0.338 e. The van der Waals surface area contributed by atoms with Crippen LogP contribution in [-0.4, -0.2) is 17.1 Å². The van der Waals surface area contributed by atoms with Gasteiger partial charge in [0.25, 0.3) is 5.56 Å². The summed E-state index contributed by atoms with van der Waals surface area (Å²) in [5, 5.41) is 0.658. The van der Waals surface area contributed by atoms with Crippen molar-refractivity contribution in [1.82, 2.24) is 4.57 Å². The molecule has 2 heterocycles. The van der Waals surface area contributed by atoms with Crippen LogP contribution in [0.15, 0.2) is 86.2 Å². The molecule has 0 unspecified atom stereocenters. The monoisotopic (exact) mass is 762 g/mol. The van der Waals surface area contributed by atoms with Gasteiger partial charge in [-0.15, -0.1) is 0 Å². The van der Waals surface area contributed by atoms with E-state index in [4.69, 9.17) is 21.1 Å². The molecule has 3 aromatic carbocycles. The van der Waals surface area contributed by atoms with Crippen LogP contribution in [0.2, 0.25) is 5.02 Å². The van der Waals surface area contributed by atoms with Gasteiger partial charge in [-0.05, 0) is 106 Å². The summed E-state index contributed by atoms with van der Waals surface area (Å²) in [6.07, 6.45) is 1.84. The molecule has 0 spiro atoms. The van der Waals surface area contributed by atoms with Crippen LogP contribution in [0, 0.1) is 10.5 Å². The number of halogens is 3. The minimum atomic E-state index is -0.637. The van der Waals surface area contributed by atoms with Crippen LogP contribution in [0.3, 0.4) is 0 Å². The molecule has 1 aromatic heterocycles. The summed E-state index contributed by atoms with van der Waals surface area (Å²) < 4.78 is 15.2. The molecular formula is C31H25BrClIN2O4S. The number of aryl methyl sites for hydroxylation is 1. The fraction of sp³-hybridized carbons (Fsp3) is 0.194. The Morgan fingerprint density at radius 3 is 2.61 bits per heavy atom. The zero-order valence-electron chi connectivity index (χ0n) is 22.4. The van der Waals surface area contributed by atoms with Crippen LogP contribution < -0.4 is 19.6 Å². The second-order valence-electron chi connectivity index (χ2n) is 9.45. The summed E-state index contributed by atoms with van der Waals surface area (Å²) in [6.45, 7) is 6.14. The van der Waals surface area contributed by atoms with E-state index in [1.54, 1.807) is 18.4 Å². The largest absolute Gasteiger partial charge is 0.487 e. The zero-order valence-corrected chi connectivity index (χ0v) is 27.7. The summed E-state index contributed by atoms with van der Waals surface area (Å²) in [4.78, 5) is 32.1. The van der Waals surface area contributed by atoms with Crippen molar-refractivity contribution in [2.24, 2.45) is 4.99 Å². The quantitative estimate of drug-likeness (QED) is 0.155. The first-order chi connectivity index (χ1) is 19.7. The van der Waals surface area contributed by atoms with Crippen molar-refractivity contribution in [2.45, 2.75) is 33.4 Å². The Kier molecular flexibility index (Phi) is 9.18. The second kappa shape index (κ2) is 12.6. The number of allylic oxidation sites excluding steroid dienone is 1. The lowest BCUT2D eigenvalue weighted by molar-refractivity contribution is -0.139. The average molecular weight is 764 g/mol. The van der Waals surface area contributed by atoms with Gasteiger partial charge in [0.15, 0.2) is 4.80 Å². The van der Waals surface area contributed by atoms with Gasteiger partial charge in [0.2, 0.25) is 0 Å². The molecule has 0 saturated carbocycles. The van der Waals surface area contributed by atoms with Crippen LogP contribution in [0.4, 0.5) is 0 Å². The second-order valence-corrected chi connectivity index (χ2v) is 12.9. The molecule has 0 N–H and O–H groups in total. The number of hydrogen-bond acceptors (Lipinski definition) is 6. The van der Waals surface area contributed by atoms with Gasteiger partial charge < -0.3 is 9.47 Å². The minimum absolute atomic E-state index is 0.221. The Morgan fingerprint density at radius 2 is 1.93 bits per heavy atom. The number of fused-ring (bicyclic) bond motifs is 1. The summed E-state index contributed by atoms with van der Waals surface area (Å²) in [5.41, 5.74) is 4.38. The van der Waals surface area contributed by atoms with E-state index >= 15 is 0 Å². The van der Waals surface area contributed by atoms with Gasteiger partial charge in [0.1, 0.15) is 12.4 Å². The number of aromatic nitrogens is 1. The fourth-order valence-electron chi connectivity index (χ4n) is 4.59. The lowest BCUT2D eigenvalue weighted by Crippen LogP contribution is -2.39. The molecule has 6 nitrogen and oxygen atoms in total. The predicted octanol–water partition coefficient (Wildman–Crippen LogP) is 6.71. The molecule has 0 amide bonds.